The molecule has 1 unspecified atom stereocenters. The number of aromatic nitrogens is 4. The van der Waals surface area contributed by atoms with E-state index < -0.39 is 0 Å². The Morgan fingerprint density at radius 1 is 1.22 bits per heavy atom. The molecule has 0 aliphatic carbocycles. The van der Waals surface area contributed by atoms with Crippen LogP contribution in [0.5, 0.6) is 11.5 Å². The molecule has 1 aromatic carbocycles. The molecule has 0 radical (unpaired) electrons. The zero-order valence-corrected chi connectivity index (χ0v) is 17.6. The molecule has 10 nitrogen and oxygen atoms in total. The average molecular weight is 435 g/mol. The number of rotatable bonds is 7. The number of aromatic amines is 1. The highest BCUT2D eigenvalue weighted by Crippen LogP contribution is 2.32. The number of carbonyl (C=O) groups excluding carboxylic acids is 1. The van der Waals surface area contributed by atoms with Crippen molar-refractivity contribution in [2.75, 3.05) is 20.8 Å². The summed E-state index contributed by atoms with van der Waals surface area (Å²) in [5.41, 5.74) is 2.12. The van der Waals surface area contributed by atoms with Crippen molar-refractivity contribution in [2.24, 2.45) is 0 Å². The van der Waals surface area contributed by atoms with Gasteiger partial charge in [-0.3, -0.25) is 9.89 Å². The second kappa shape index (κ2) is 8.22. The third-order valence-electron chi connectivity index (χ3n) is 5.46. The van der Waals surface area contributed by atoms with E-state index in [0.29, 0.717) is 59.9 Å². The summed E-state index contributed by atoms with van der Waals surface area (Å²) in [6, 6.07) is 10.9. The van der Waals surface area contributed by atoms with E-state index >= 15 is 0 Å². The SMILES string of the molecule is COc1ccc(CN2CC(c3noc(-c4cc(-c5ccco5)n[nH]4)n3)CC2=O)c(OC)c1. The minimum Gasteiger partial charge on any atom is -0.497 e. The van der Waals surface area contributed by atoms with Gasteiger partial charge in [-0.15, -0.1) is 0 Å². The maximum absolute atomic E-state index is 12.6. The van der Waals surface area contributed by atoms with Crippen LogP contribution in [0.25, 0.3) is 23.0 Å². The van der Waals surface area contributed by atoms with Crippen LogP contribution < -0.4 is 9.47 Å². The van der Waals surface area contributed by atoms with Crippen molar-refractivity contribution in [1.29, 1.82) is 0 Å². The first-order valence-electron chi connectivity index (χ1n) is 10.1. The van der Waals surface area contributed by atoms with Gasteiger partial charge in [-0.25, -0.2) is 0 Å². The lowest BCUT2D eigenvalue weighted by Gasteiger charge is -2.18. The van der Waals surface area contributed by atoms with Crippen LogP contribution in [0.1, 0.15) is 23.7 Å². The molecule has 10 heteroatoms. The number of ether oxygens (including phenoxy) is 2. The van der Waals surface area contributed by atoms with E-state index in [-0.39, 0.29) is 11.8 Å². The minimum atomic E-state index is -0.156. The van der Waals surface area contributed by atoms with Gasteiger partial charge < -0.3 is 23.3 Å². The number of H-pyrrole nitrogens is 1. The van der Waals surface area contributed by atoms with E-state index in [1.807, 2.05) is 18.2 Å². The summed E-state index contributed by atoms with van der Waals surface area (Å²) >= 11 is 0. The summed E-state index contributed by atoms with van der Waals surface area (Å²) in [7, 11) is 3.20. The molecule has 1 amide bonds. The lowest BCUT2D eigenvalue weighted by atomic mass is 10.1. The van der Waals surface area contributed by atoms with Gasteiger partial charge in [0, 0.05) is 43.1 Å². The van der Waals surface area contributed by atoms with Gasteiger partial charge >= 0.3 is 0 Å². The van der Waals surface area contributed by atoms with Gasteiger partial charge in [-0.1, -0.05) is 5.16 Å². The molecule has 4 heterocycles. The fourth-order valence-corrected chi connectivity index (χ4v) is 3.78. The molecule has 1 atom stereocenters. The van der Waals surface area contributed by atoms with Crippen molar-refractivity contribution in [3.05, 3.63) is 54.0 Å². The molecule has 1 saturated heterocycles. The first-order valence-corrected chi connectivity index (χ1v) is 10.1. The molecule has 0 spiro atoms. The van der Waals surface area contributed by atoms with E-state index in [1.54, 1.807) is 43.6 Å². The van der Waals surface area contributed by atoms with Gasteiger partial charge in [-0.05, 0) is 24.3 Å². The number of nitrogens with zero attached hydrogens (tertiary/aromatic N) is 4. The topological polar surface area (TPSA) is 120 Å². The fourth-order valence-electron chi connectivity index (χ4n) is 3.78. The molecular weight excluding hydrogens is 414 g/mol. The first-order chi connectivity index (χ1) is 15.6. The Balaban J connectivity index is 1.29. The number of carbonyl (C=O) groups is 1. The third-order valence-corrected chi connectivity index (χ3v) is 5.46. The number of hydrogen-bond acceptors (Lipinski definition) is 8. The smallest absolute Gasteiger partial charge is 0.275 e. The van der Waals surface area contributed by atoms with Crippen LogP contribution >= 0.6 is 0 Å². The molecule has 32 heavy (non-hydrogen) atoms. The molecule has 0 saturated carbocycles. The van der Waals surface area contributed by atoms with Gasteiger partial charge in [-0.2, -0.15) is 10.1 Å². The Morgan fingerprint density at radius 2 is 2.12 bits per heavy atom. The van der Waals surface area contributed by atoms with Crippen LogP contribution in [-0.2, 0) is 11.3 Å². The summed E-state index contributed by atoms with van der Waals surface area (Å²) in [6.45, 7) is 0.924. The Bertz CT molecular complexity index is 1230. The third kappa shape index (κ3) is 3.70. The van der Waals surface area contributed by atoms with E-state index in [9.17, 15) is 4.79 Å². The number of methoxy groups -OCH3 is 2. The van der Waals surface area contributed by atoms with Crippen molar-refractivity contribution >= 4 is 5.91 Å². The van der Waals surface area contributed by atoms with Gasteiger partial charge in [0.2, 0.25) is 5.91 Å². The van der Waals surface area contributed by atoms with Crippen LogP contribution in [0.2, 0.25) is 0 Å². The molecule has 3 aromatic heterocycles. The Hall–Kier alpha value is -4.08. The summed E-state index contributed by atoms with van der Waals surface area (Å²) in [6.07, 6.45) is 1.90. The molecule has 1 aliphatic heterocycles. The number of furan rings is 1. The Labute approximate surface area is 183 Å². The summed E-state index contributed by atoms with van der Waals surface area (Å²) in [5, 5.41) is 11.2. The molecule has 1 aliphatic rings. The lowest BCUT2D eigenvalue weighted by Crippen LogP contribution is -2.24. The van der Waals surface area contributed by atoms with Crippen molar-refractivity contribution < 1.29 is 23.2 Å². The number of likely N-dealkylation sites (tertiary alicyclic amines) is 1. The van der Waals surface area contributed by atoms with Crippen LogP contribution in [0, 0.1) is 0 Å². The monoisotopic (exact) mass is 435 g/mol. The molecule has 4 aromatic rings. The number of benzene rings is 1. The maximum atomic E-state index is 12.6. The van der Waals surface area contributed by atoms with Crippen molar-refractivity contribution in [1.82, 2.24) is 25.2 Å². The lowest BCUT2D eigenvalue weighted by molar-refractivity contribution is -0.128. The highest BCUT2D eigenvalue weighted by Gasteiger charge is 2.34. The molecular formula is C22H21N5O5. The molecule has 1 N–H and O–H groups in total. The van der Waals surface area contributed by atoms with Crippen LogP contribution in [0.3, 0.4) is 0 Å². The quantitative estimate of drug-likeness (QED) is 0.470. The largest absolute Gasteiger partial charge is 0.497 e. The van der Waals surface area contributed by atoms with Crippen LogP contribution in [0.4, 0.5) is 0 Å². The normalized spacial score (nSPS) is 16.0. The predicted molar refractivity (Wildman–Crippen MR) is 112 cm³/mol. The Kier molecular flexibility index (Phi) is 5.10. The number of hydrogen-bond donors (Lipinski definition) is 1. The molecule has 0 bridgehead atoms. The van der Waals surface area contributed by atoms with Crippen molar-refractivity contribution in [2.45, 2.75) is 18.9 Å². The van der Waals surface area contributed by atoms with Gasteiger partial charge in [0.05, 0.1) is 20.5 Å². The highest BCUT2D eigenvalue weighted by atomic mass is 16.5. The van der Waals surface area contributed by atoms with E-state index in [1.165, 1.54) is 0 Å². The fraction of sp³-hybridized carbons (Fsp3) is 0.273. The summed E-state index contributed by atoms with van der Waals surface area (Å²) < 4.78 is 21.5. The van der Waals surface area contributed by atoms with Crippen molar-refractivity contribution in [3.63, 3.8) is 0 Å². The minimum absolute atomic E-state index is 0.0286. The van der Waals surface area contributed by atoms with Gasteiger partial charge in [0.25, 0.3) is 5.89 Å². The highest BCUT2D eigenvalue weighted by molar-refractivity contribution is 5.79. The average Bonchev–Trinajstić information content (AvgIpc) is 3.60. The Morgan fingerprint density at radius 3 is 2.91 bits per heavy atom. The van der Waals surface area contributed by atoms with E-state index in [0.717, 1.165) is 5.56 Å². The predicted octanol–water partition coefficient (Wildman–Crippen LogP) is 3.25. The van der Waals surface area contributed by atoms with Crippen LogP contribution in [0.15, 0.2) is 51.6 Å². The number of amides is 1. The van der Waals surface area contributed by atoms with Crippen molar-refractivity contribution in [3.8, 4) is 34.5 Å². The number of nitrogens with one attached hydrogen (secondary N) is 1. The van der Waals surface area contributed by atoms with Gasteiger partial charge in [0.1, 0.15) is 22.9 Å². The standard InChI is InChI=1S/C22H21N5O5/c1-29-15-6-5-13(19(9-15)30-2)11-27-12-14(8-20(27)28)21-23-22(32-26-21)17-10-16(24-25-17)18-4-3-7-31-18/h3-7,9-10,14H,8,11-12H2,1-2H3,(H,24,25). The summed E-state index contributed by atoms with van der Waals surface area (Å²) in [4.78, 5) is 18.9. The first kappa shape index (κ1) is 19.9. The van der Waals surface area contributed by atoms with E-state index in [4.69, 9.17) is 18.4 Å². The molecule has 164 valence electrons. The molecule has 5 rings (SSSR count). The van der Waals surface area contributed by atoms with E-state index in [2.05, 4.69) is 20.3 Å². The second-order valence-corrected chi connectivity index (χ2v) is 7.45. The van der Waals surface area contributed by atoms with Crippen LogP contribution in [-0.4, -0.2) is 51.9 Å². The zero-order valence-electron chi connectivity index (χ0n) is 17.6. The zero-order chi connectivity index (χ0) is 22.1. The van der Waals surface area contributed by atoms with Gasteiger partial charge in [0.15, 0.2) is 11.6 Å². The second-order valence-electron chi connectivity index (χ2n) is 7.45. The summed E-state index contributed by atoms with van der Waals surface area (Å²) in [5.74, 6) is 2.69. The molecule has 1 fully saturated rings. The maximum Gasteiger partial charge on any atom is 0.275 e.